The first-order valence-corrected chi connectivity index (χ1v) is 9.52. The van der Waals surface area contributed by atoms with Gasteiger partial charge in [0.15, 0.2) is 5.82 Å². The molecule has 0 bridgehead atoms. The summed E-state index contributed by atoms with van der Waals surface area (Å²) in [4.78, 5) is 26.6. The van der Waals surface area contributed by atoms with Gasteiger partial charge in [0.1, 0.15) is 17.0 Å². The van der Waals surface area contributed by atoms with E-state index in [2.05, 4.69) is 20.3 Å². The minimum Gasteiger partial charge on any atom is -0.472 e. The Hall–Kier alpha value is -2.81. The maximum absolute atomic E-state index is 13.9. The van der Waals surface area contributed by atoms with Crippen molar-refractivity contribution in [3.63, 3.8) is 0 Å². The lowest BCUT2D eigenvalue weighted by atomic mass is 9.98. The summed E-state index contributed by atoms with van der Waals surface area (Å²) in [5, 5.41) is 5.52. The predicted molar refractivity (Wildman–Crippen MR) is 99.1 cm³/mol. The maximum atomic E-state index is 13.9. The number of aromatic nitrogens is 3. The second-order valence-electron chi connectivity index (χ2n) is 6.46. The van der Waals surface area contributed by atoms with Gasteiger partial charge in [-0.15, -0.1) is 11.3 Å². The normalized spacial score (nSPS) is 19.9. The zero-order chi connectivity index (χ0) is 18.8. The largest absolute Gasteiger partial charge is 0.472 e. The van der Waals surface area contributed by atoms with Gasteiger partial charge in [0.2, 0.25) is 0 Å². The minimum absolute atomic E-state index is 0.00237. The van der Waals surface area contributed by atoms with E-state index < -0.39 is 5.95 Å². The summed E-state index contributed by atoms with van der Waals surface area (Å²) in [6.07, 6.45) is 7.39. The zero-order valence-electron chi connectivity index (χ0n) is 14.6. The number of hydrogen-bond acceptors (Lipinski definition) is 7. The summed E-state index contributed by atoms with van der Waals surface area (Å²) in [5.74, 6) is -0.502. The lowest BCUT2D eigenvalue weighted by Gasteiger charge is -2.38. The smallest absolute Gasteiger partial charge is 0.270 e. The van der Waals surface area contributed by atoms with Gasteiger partial charge >= 0.3 is 0 Å². The third-order valence-corrected chi connectivity index (χ3v) is 5.52. The Labute approximate surface area is 159 Å². The van der Waals surface area contributed by atoms with Gasteiger partial charge in [0.05, 0.1) is 6.26 Å². The molecule has 1 aliphatic heterocycles. The molecule has 4 heterocycles. The Morgan fingerprint density at radius 1 is 1.41 bits per heavy atom. The molecule has 1 N–H and O–H groups in total. The highest BCUT2D eigenvalue weighted by Gasteiger charge is 2.29. The summed E-state index contributed by atoms with van der Waals surface area (Å²) in [6, 6.07) is 1.85. The van der Waals surface area contributed by atoms with E-state index in [1.54, 1.807) is 17.9 Å². The van der Waals surface area contributed by atoms with Crippen LogP contribution in [0.4, 0.5) is 10.2 Å². The molecule has 1 amide bonds. The lowest BCUT2D eigenvalue weighted by Crippen LogP contribution is -2.49. The van der Waals surface area contributed by atoms with Gasteiger partial charge in [-0.05, 0) is 25.8 Å². The van der Waals surface area contributed by atoms with Crippen molar-refractivity contribution in [1.29, 1.82) is 0 Å². The van der Waals surface area contributed by atoms with Crippen molar-refractivity contribution in [2.24, 2.45) is 0 Å². The lowest BCUT2D eigenvalue weighted by molar-refractivity contribution is 0.0923. The number of nitrogens with one attached hydrogen (secondary N) is 1. The fraction of sp³-hybridized carbons (Fsp3) is 0.333. The van der Waals surface area contributed by atoms with Gasteiger partial charge in [-0.3, -0.25) is 4.79 Å². The van der Waals surface area contributed by atoms with Crippen LogP contribution in [0, 0.1) is 5.95 Å². The van der Waals surface area contributed by atoms with E-state index in [0.29, 0.717) is 25.1 Å². The SMILES string of the molecule is CC1CC(NC(=O)c2csc(-c3ccoc3)n2)CCN1c1nccnc1F. The Morgan fingerprint density at radius 3 is 3.00 bits per heavy atom. The van der Waals surface area contributed by atoms with Crippen LogP contribution in [-0.2, 0) is 0 Å². The van der Waals surface area contributed by atoms with Gasteiger partial charge in [0.25, 0.3) is 11.9 Å². The summed E-state index contributed by atoms with van der Waals surface area (Å²) < 4.78 is 18.9. The van der Waals surface area contributed by atoms with E-state index >= 15 is 0 Å². The first kappa shape index (κ1) is 17.6. The molecule has 0 aliphatic carbocycles. The minimum atomic E-state index is -0.568. The number of nitrogens with zero attached hydrogens (tertiary/aromatic N) is 4. The van der Waals surface area contributed by atoms with Gasteiger partial charge in [-0.1, -0.05) is 0 Å². The molecule has 7 nitrogen and oxygen atoms in total. The van der Waals surface area contributed by atoms with E-state index in [4.69, 9.17) is 4.42 Å². The predicted octanol–water partition coefficient (Wildman–Crippen LogP) is 3.12. The summed E-state index contributed by atoms with van der Waals surface area (Å²) in [6.45, 7) is 2.59. The van der Waals surface area contributed by atoms with Gasteiger partial charge in [0, 0.05) is 42.0 Å². The summed E-state index contributed by atoms with van der Waals surface area (Å²) >= 11 is 1.40. The molecule has 140 valence electrons. The molecule has 2 unspecified atom stereocenters. The Kier molecular flexibility index (Phi) is 4.85. The highest BCUT2D eigenvalue weighted by atomic mass is 32.1. The molecule has 1 aliphatic rings. The molecule has 27 heavy (non-hydrogen) atoms. The molecule has 0 aromatic carbocycles. The first-order valence-electron chi connectivity index (χ1n) is 8.64. The van der Waals surface area contributed by atoms with E-state index in [9.17, 15) is 9.18 Å². The van der Waals surface area contributed by atoms with Gasteiger partial charge in [-0.25, -0.2) is 15.0 Å². The number of carbonyl (C=O) groups excluding carboxylic acids is 1. The van der Waals surface area contributed by atoms with Crippen LogP contribution in [0.3, 0.4) is 0 Å². The molecule has 3 aromatic heterocycles. The van der Waals surface area contributed by atoms with Crippen molar-refractivity contribution in [3.05, 3.63) is 48.0 Å². The van der Waals surface area contributed by atoms with Gasteiger partial charge < -0.3 is 14.6 Å². The van der Waals surface area contributed by atoms with Crippen LogP contribution in [0.2, 0.25) is 0 Å². The average Bonchev–Trinajstić information content (AvgIpc) is 3.34. The quantitative estimate of drug-likeness (QED) is 0.740. The number of thiazole rings is 1. The summed E-state index contributed by atoms with van der Waals surface area (Å²) in [5.41, 5.74) is 1.25. The Morgan fingerprint density at radius 2 is 2.26 bits per heavy atom. The van der Waals surface area contributed by atoms with Crippen molar-refractivity contribution in [2.75, 3.05) is 11.4 Å². The highest BCUT2D eigenvalue weighted by molar-refractivity contribution is 7.13. The van der Waals surface area contributed by atoms with Crippen molar-refractivity contribution in [2.45, 2.75) is 31.8 Å². The zero-order valence-corrected chi connectivity index (χ0v) is 15.4. The van der Waals surface area contributed by atoms with E-state index in [0.717, 1.165) is 10.6 Å². The molecular weight excluding hydrogens is 369 g/mol. The van der Waals surface area contributed by atoms with Crippen LogP contribution in [0.15, 0.2) is 40.8 Å². The van der Waals surface area contributed by atoms with Crippen molar-refractivity contribution >= 4 is 23.1 Å². The Bertz CT molecular complexity index is 929. The molecule has 4 rings (SSSR count). The topological polar surface area (TPSA) is 84.2 Å². The molecule has 3 aromatic rings. The summed E-state index contributed by atoms with van der Waals surface area (Å²) in [7, 11) is 0. The van der Waals surface area contributed by atoms with Gasteiger partial charge in [-0.2, -0.15) is 4.39 Å². The molecule has 0 saturated carbocycles. The van der Waals surface area contributed by atoms with Crippen LogP contribution >= 0.6 is 11.3 Å². The molecule has 9 heteroatoms. The number of halogens is 1. The van der Waals surface area contributed by atoms with Crippen LogP contribution in [0.5, 0.6) is 0 Å². The fourth-order valence-corrected chi connectivity index (χ4v) is 4.07. The van der Waals surface area contributed by atoms with E-state index in [1.807, 2.05) is 17.9 Å². The fourth-order valence-electron chi connectivity index (χ4n) is 3.28. The van der Waals surface area contributed by atoms with E-state index in [-0.39, 0.29) is 23.8 Å². The standard InChI is InChI=1S/C18H18FN5O2S/c1-11-8-13(2-6-24(11)16-15(19)20-4-5-21-16)22-17(25)14-10-27-18(23-14)12-3-7-26-9-12/h3-5,7,9-11,13H,2,6,8H2,1H3,(H,22,25). The molecular formula is C18H18FN5O2S. The second-order valence-corrected chi connectivity index (χ2v) is 7.32. The molecule has 1 saturated heterocycles. The van der Waals surface area contributed by atoms with Crippen molar-refractivity contribution in [3.8, 4) is 10.6 Å². The Balaban J connectivity index is 1.38. The third kappa shape index (κ3) is 3.68. The van der Waals surface area contributed by atoms with Crippen LogP contribution < -0.4 is 10.2 Å². The van der Waals surface area contributed by atoms with Crippen LogP contribution in [-0.4, -0.2) is 39.5 Å². The number of anilines is 1. The third-order valence-electron chi connectivity index (χ3n) is 4.62. The highest BCUT2D eigenvalue weighted by Crippen LogP contribution is 2.26. The number of piperidine rings is 1. The monoisotopic (exact) mass is 387 g/mol. The van der Waals surface area contributed by atoms with Crippen molar-refractivity contribution < 1.29 is 13.6 Å². The van der Waals surface area contributed by atoms with Crippen LogP contribution in [0.1, 0.15) is 30.3 Å². The van der Waals surface area contributed by atoms with E-state index in [1.165, 1.54) is 23.7 Å². The molecule has 0 spiro atoms. The first-order chi connectivity index (χ1) is 13.1. The second kappa shape index (κ2) is 7.43. The molecule has 0 radical (unpaired) electrons. The number of hydrogen-bond donors (Lipinski definition) is 1. The number of amides is 1. The molecule has 1 fully saturated rings. The van der Waals surface area contributed by atoms with Crippen LogP contribution in [0.25, 0.3) is 10.6 Å². The molecule has 2 atom stereocenters. The average molecular weight is 387 g/mol. The number of rotatable bonds is 4. The number of carbonyl (C=O) groups is 1. The maximum Gasteiger partial charge on any atom is 0.270 e. The number of furan rings is 1. The van der Waals surface area contributed by atoms with Crippen molar-refractivity contribution in [1.82, 2.24) is 20.3 Å².